The number of fused-ring (bicyclic) bond motifs is 3. The molecule has 0 atom stereocenters. The van der Waals surface area contributed by atoms with Crippen LogP contribution in [0.25, 0.3) is 11.1 Å². The Bertz CT molecular complexity index is 1300. The largest absolute Gasteiger partial charge is 0.472 e. The van der Waals surface area contributed by atoms with E-state index in [4.69, 9.17) is 9.84 Å². The molecule has 34 heavy (non-hydrogen) atoms. The topological polar surface area (TPSA) is 105 Å². The Morgan fingerprint density at radius 1 is 0.971 bits per heavy atom. The van der Waals surface area contributed by atoms with Crippen LogP contribution in [0.4, 0.5) is 10.5 Å². The van der Waals surface area contributed by atoms with Gasteiger partial charge in [0.05, 0.1) is 6.54 Å². The molecule has 0 aromatic heterocycles. The fourth-order valence-corrected chi connectivity index (χ4v) is 4.38. The molecule has 0 heterocycles. The van der Waals surface area contributed by atoms with Gasteiger partial charge in [0.25, 0.3) is 5.91 Å². The average Bonchev–Trinajstić information content (AvgIpc) is 3.13. The van der Waals surface area contributed by atoms with Crippen LogP contribution in [0.15, 0.2) is 71.2 Å². The summed E-state index contributed by atoms with van der Waals surface area (Å²) < 4.78 is 6.12. The number of anilines is 1. The maximum atomic E-state index is 12.5. The van der Waals surface area contributed by atoms with Crippen molar-refractivity contribution < 1.29 is 24.2 Å². The number of carbonyl (C=O) groups excluding carboxylic acids is 2. The van der Waals surface area contributed by atoms with E-state index in [0.717, 1.165) is 22.3 Å². The van der Waals surface area contributed by atoms with E-state index in [0.29, 0.717) is 10.2 Å². The highest BCUT2D eigenvalue weighted by atomic mass is 79.9. The number of rotatable bonds is 5. The quantitative estimate of drug-likeness (QED) is 0.427. The predicted molar refractivity (Wildman–Crippen MR) is 131 cm³/mol. The summed E-state index contributed by atoms with van der Waals surface area (Å²) in [5, 5.41) is 13.7. The van der Waals surface area contributed by atoms with Gasteiger partial charge in [0, 0.05) is 27.6 Å². The van der Waals surface area contributed by atoms with E-state index in [1.165, 1.54) is 6.07 Å². The summed E-state index contributed by atoms with van der Waals surface area (Å²) in [6, 6.07) is 20.8. The highest BCUT2D eigenvalue weighted by Gasteiger charge is 2.29. The molecule has 3 N–H and O–H groups in total. The van der Waals surface area contributed by atoms with Crippen LogP contribution in [0.1, 0.15) is 27.4 Å². The molecule has 0 fully saturated rings. The molecule has 3 aromatic carbocycles. The minimum absolute atomic E-state index is 0.0612. The van der Waals surface area contributed by atoms with Crippen LogP contribution < -0.4 is 10.6 Å². The van der Waals surface area contributed by atoms with Gasteiger partial charge in [0.2, 0.25) is 0 Å². The van der Waals surface area contributed by atoms with E-state index in [1.54, 1.807) is 12.1 Å². The smallest absolute Gasteiger partial charge is 0.411 e. The zero-order valence-corrected chi connectivity index (χ0v) is 19.4. The molecule has 0 saturated carbocycles. The van der Waals surface area contributed by atoms with E-state index in [1.807, 2.05) is 42.3 Å². The van der Waals surface area contributed by atoms with Gasteiger partial charge in [0.15, 0.2) is 0 Å². The highest BCUT2D eigenvalue weighted by molar-refractivity contribution is 9.10. The number of benzene rings is 3. The van der Waals surface area contributed by atoms with Gasteiger partial charge in [-0.1, -0.05) is 70.4 Å². The molecule has 0 aliphatic heterocycles. The summed E-state index contributed by atoms with van der Waals surface area (Å²) in [7, 11) is 0. The van der Waals surface area contributed by atoms with Gasteiger partial charge in [-0.05, 0) is 40.5 Å². The molecular weight excluding hydrogens is 500 g/mol. The lowest BCUT2D eigenvalue weighted by atomic mass is 9.98. The first-order valence-electron chi connectivity index (χ1n) is 10.3. The van der Waals surface area contributed by atoms with Crippen LogP contribution >= 0.6 is 15.9 Å². The van der Waals surface area contributed by atoms with E-state index in [9.17, 15) is 14.4 Å². The van der Waals surface area contributed by atoms with Crippen molar-refractivity contribution in [1.29, 1.82) is 0 Å². The molecule has 4 rings (SSSR count). The van der Waals surface area contributed by atoms with Crippen molar-refractivity contribution in [2.24, 2.45) is 0 Å². The molecule has 2 amide bonds. The minimum atomic E-state index is -1.27. The minimum Gasteiger partial charge on any atom is -0.472 e. The first-order chi connectivity index (χ1) is 16.4. The maximum absolute atomic E-state index is 12.5. The maximum Gasteiger partial charge on any atom is 0.411 e. The molecule has 0 saturated heterocycles. The second kappa shape index (κ2) is 10.2. The molecule has 170 valence electrons. The van der Waals surface area contributed by atoms with E-state index < -0.39 is 18.0 Å². The second-order valence-corrected chi connectivity index (χ2v) is 8.38. The van der Waals surface area contributed by atoms with Crippen molar-refractivity contribution >= 4 is 39.6 Å². The summed E-state index contributed by atoms with van der Waals surface area (Å²) in [6.45, 7) is 0.0518. The van der Waals surface area contributed by atoms with Gasteiger partial charge in [0.1, 0.15) is 6.61 Å². The molecule has 1 aliphatic rings. The number of halogens is 1. The molecule has 0 bridgehead atoms. The van der Waals surface area contributed by atoms with Crippen molar-refractivity contribution in [3.05, 3.63) is 87.9 Å². The Kier molecular flexibility index (Phi) is 6.95. The highest BCUT2D eigenvalue weighted by Crippen LogP contribution is 2.44. The van der Waals surface area contributed by atoms with Crippen LogP contribution in [0.5, 0.6) is 0 Å². The Morgan fingerprint density at radius 3 is 2.26 bits per heavy atom. The lowest BCUT2D eigenvalue weighted by Gasteiger charge is -2.15. The number of hydrogen-bond donors (Lipinski definition) is 3. The zero-order chi connectivity index (χ0) is 24.1. The van der Waals surface area contributed by atoms with Crippen LogP contribution in [0.2, 0.25) is 0 Å². The van der Waals surface area contributed by atoms with Gasteiger partial charge in [-0.15, -0.1) is 0 Å². The third-order valence-corrected chi connectivity index (χ3v) is 5.74. The van der Waals surface area contributed by atoms with E-state index in [-0.39, 0.29) is 24.6 Å². The Balaban J connectivity index is 1.41. The third-order valence-electron chi connectivity index (χ3n) is 5.28. The number of hydrogen-bond acceptors (Lipinski definition) is 4. The molecule has 0 spiro atoms. The number of nitrogens with one attached hydrogen (secondary N) is 2. The van der Waals surface area contributed by atoms with Crippen molar-refractivity contribution in [3.63, 3.8) is 0 Å². The molecule has 7 nitrogen and oxygen atoms in total. The van der Waals surface area contributed by atoms with Crippen molar-refractivity contribution in [3.8, 4) is 23.0 Å². The van der Waals surface area contributed by atoms with Gasteiger partial charge in [-0.25, -0.2) is 9.59 Å². The fraction of sp³-hybridized carbons (Fsp3) is 0.115. The van der Waals surface area contributed by atoms with Crippen molar-refractivity contribution in [2.45, 2.75) is 5.92 Å². The summed E-state index contributed by atoms with van der Waals surface area (Å²) in [6.07, 6.45) is -0.640. The Morgan fingerprint density at radius 2 is 1.62 bits per heavy atom. The lowest BCUT2D eigenvalue weighted by Crippen LogP contribution is -2.24. The third kappa shape index (κ3) is 5.27. The molecule has 3 aromatic rings. The Labute approximate surface area is 204 Å². The molecule has 8 heteroatoms. The fourth-order valence-electron chi connectivity index (χ4n) is 3.89. The molecule has 0 unspecified atom stereocenters. The number of ether oxygens (including phenoxy) is 1. The summed E-state index contributed by atoms with van der Waals surface area (Å²) in [4.78, 5) is 35.3. The second-order valence-electron chi connectivity index (χ2n) is 7.47. The van der Waals surface area contributed by atoms with Gasteiger partial charge >= 0.3 is 12.1 Å². The van der Waals surface area contributed by atoms with Gasteiger partial charge in [-0.2, -0.15) is 0 Å². The number of carboxylic acid groups (broad SMARTS) is 1. The van der Waals surface area contributed by atoms with E-state index >= 15 is 0 Å². The number of carboxylic acids is 1. The van der Waals surface area contributed by atoms with Crippen molar-refractivity contribution in [2.75, 3.05) is 18.5 Å². The monoisotopic (exact) mass is 518 g/mol. The molecular formula is C26H19BrN2O5. The van der Waals surface area contributed by atoms with E-state index in [2.05, 4.69) is 44.6 Å². The number of carbonyl (C=O) groups is 3. The van der Waals surface area contributed by atoms with Crippen molar-refractivity contribution in [1.82, 2.24) is 5.32 Å². The standard InChI is InChI=1S/C26H19BrN2O5/c27-17-12-16(25(32)28-11-5-10-24(30)31)13-18(14-17)29-26(33)34-15-23-21-8-3-1-6-19(21)20-7-2-4-9-22(20)23/h1-4,6-9,12-14,23H,11,15H2,(H,28,32)(H,29,33)(H,30,31). The van der Waals surface area contributed by atoms with Crippen LogP contribution in [0.3, 0.4) is 0 Å². The lowest BCUT2D eigenvalue weighted by molar-refractivity contribution is -0.130. The summed E-state index contributed by atoms with van der Waals surface area (Å²) >= 11 is 3.32. The SMILES string of the molecule is O=C(O)C#CCNC(=O)c1cc(Br)cc(NC(=O)OCC2c3ccccc3-c3ccccc32)c1. The first kappa shape index (κ1) is 23.1. The van der Waals surface area contributed by atoms with Gasteiger partial charge in [-0.3, -0.25) is 10.1 Å². The zero-order valence-electron chi connectivity index (χ0n) is 17.8. The normalized spacial score (nSPS) is 11.4. The number of amides is 2. The summed E-state index contributed by atoms with van der Waals surface area (Å²) in [5.74, 6) is 2.45. The average molecular weight is 519 g/mol. The Hall–Kier alpha value is -4.09. The first-order valence-corrected chi connectivity index (χ1v) is 11.1. The molecule has 0 radical (unpaired) electrons. The van der Waals surface area contributed by atoms with Crippen LogP contribution in [-0.4, -0.2) is 36.2 Å². The summed E-state index contributed by atoms with van der Waals surface area (Å²) in [5.41, 5.74) is 5.15. The van der Waals surface area contributed by atoms with Crippen LogP contribution in [0, 0.1) is 11.8 Å². The number of aliphatic carboxylic acids is 1. The van der Waals surface area contributed by atoms with Gasteiger partial charge < -0.3 is 15.2 Å². The predicted octanol–water partition coefficient (Wildman–Crippen LogP) is 4.63. The van der Waals surface area contributed by atoms with Crippen LogP contribution in [-0.2, 0) is 9.53 Å². The molecule has 1 aliphatic carbocycles.